The lowest BCUT2D eigenvalue weighted by atomic mass is 9.81. The number of halogens is 1. The topological polar surface area (TPSA) is 24.6 Å². The minimum absolute atomic E-state index is 0.156. The molecule has 1 N–H and O–H groups in total. The van der Waals surface area contributed by atoms with Crippen molar-refractivity contribution in [2.45, 2.75) is 65.8 Å². The molecular weight excluding hydrogens is 313 g/mol. The highest BCUT2D eigenvalue weighted by atomic mass is 127. The van der Waals surface area contributed by atoms with E-state index in [1.807, 2.05) is 0 Å². The van der Waals surface area contributed by atoms with Gasteiger partial charge in [0.05, 0.1) is 0 Å². The Kier molecular flexibility index (Phi) is 4.69. The van der Waals surface area contributed by atoms with E-state index in [0.29, 0.717) is 17.4 Å². The van der Waals surface area contributed by atoms with Crippen LogP contribution in [0.4, 0.5) is 0 Å². The number of ether oxygens (including phenoxy) is 1. The average molecular weight is 339 g/mol. The Morgan fingerprint density at radius 1 is 1.25 bits per heavy atom. The molecule has 0 aliphatic carbocycles. The molecule has 1 saturated heterocycles. The molecule has 0 spiro atoms. The van der Waals surface area contributed by atoms with E-state index in [0.717, 1.165) is 0 Å². The largest absolute Gasteiger partial charge is 0.353 e. The Labute approximate surface area is 114 Å². The van der Waals surface area contributed by atoms with Gasteiger partial charge in [-0.05, 0) is 31.6 Å². The maximum atomic E-state index is 5.65. The second-order valence-corrected chi connectivity index (χ2v) is 7.53. The van der Waals surface area contributed by atoms with Gasteiger partial charge in [0.15, 0.2) is 0 Å². The highest BCUT2D eigenvalue weighted by Crippen LogP contribution is 2.34. The first-order chi connectivity index (χ1) is 7.17. The summed E-state index contributed by atoms with van der Waals surface area (Å²) in [5.74, 6) is 0.617. The SMILES string of the molecule is CC(C)C1OC1NC(C)(C)CC(C)(C)CI. The van der Waals surface area contributed by atoms with Gasteiger partial charge in [0.1, 0.15) is 12.3 Å². The summed E-state index contributed by atoms with van der Waals surface area (Å²) in [5, 5.41) is 3.63. The van der Waals surface area contributed by atoms with Gasteiger partial charge in [-0.3, -0.25) is 5.32 Å². The highest BCUT2D eigenvalue weighted by Gasteiger charge is 2.44. The van der Waals surface area contributed by atoms with E-state index in [-0.39, 0.29) is 11.8 Å². The zero-order valence-electron chi connectivity index (χ0n) is 11.4. The minimum atomic E-state index is 0.156. The summed E-state index contributed by atoms with van der Waals surface area (Å²) in [5.41, 5.74) is 0.544. The van der Waals surface area contributed by atoms with Gasteiger partial charge in [0.2, 0.25) is 0 Å². The van der Waals surface area contributed by atoms with Crippen LogP contribution in [0, 0.1) is 11.3 Å². The second-order valence-electron chi connectivity index (χ2n) is 6.77. The van der Waals surface area contributed by atoms with Crippen LogP contribution in [0.25, 0.3) is 0 Å². The van der Waals surface area contributed by atoms with Gasteiger partial charge in [-0.2, -0.15) is 0 Å². The lowest BCUT2D eigenvalue weighted by Gasteiger charge is -2.34. The fraction of sp³-hybridized carbons (Fsp3) is 1.00. The molecule has 0 aromatic rings. The van der Waals surface area contributed by atoms with Crippen molar-refractivity contribution in [2.75, 3.05) is 4.43 Å². The predicted octanol–water partition coefficient (Wildman–Crippen LogP) is 3.59. The van der Waals surface area contributed by atoms with Gasteiger partial charge >= 0.3 is 0 Å². The molecule has 96 valence electrons. The number of hydrogen-bond donors (Lipinski definition) is 1. The van der Waals surface area contributed by atoms with Crippen molar-refractivity contribution in [3.05, 3.63) is 0 Å². The molecule has 0 aromatic carbocycles. The molecule has 0 radical (unpaired) electrons. The van der Waals surface area contributed by atoms with Crippen molar-refractivity contribution in [2.24, 2.45) is 11.3 Å². The number of rotatable bonds is 6. The zero-order chi connectivity index (χ0) is 12.6. The first-order valence-corrected chi connectivity index (χ1v) is 7.68. The van der Waals surface area contributed by atoms with E-state index < -0.39 is 0 Å². The lowest BCUT2D eigenvalue weighted by molar-refractivity contribution is 0.216. The summed E-state index contributed by atoms with van der Waals surface area (Å²) in [6.45, 7) is 13.6. The van der Waals surface area contributed by atoms with E-state index in [4.69, 9.17) is 4.74 Å². The molecule has 1 rings (SSSR count). The number of epoxide rings is 1. The van der Waals surface area contributed by atoms with Gasteiger partial charge in [0.25, 0.3) is 0 Å². The maximum absolute atomic E-state index is 5.65. The minimum Gasteiger partial charge on any atom is -0.353 e. The highest BCUT2D eigenvalue weighted by molar-refractivity contribution is 14.1. The van der Waals surface area contributed by atoms with Crippen LogP contribution in [-0.4, -0.2) is 22.3 Å². The zero-order valence-corrected chi connectivity index (χ0v) is 13.6. The van der Waals surface area contributed by atoms with Crippen LogP contribution in [0.2, 0.25) is 0 Å². The second kappa shape index (κ2) is 5.11. The van der Waals surface area contributed by atoms with E-state index >= 15 is 0 Å². The van der Waals surface area contributed by atoms with Gasteiger partial charge in [0, 0.05) is 9.97 Å². The van der Waals surface area contributed by atoms with Crippen LogP contribution in [-0.2, 0) is 4.74 Å². The summed E-state index contributed by atoms with van der Waals surface area (Å²) in [4.78, 5) is 0. The van der Waals surface area contributed by atoms with E-state index in [1.54, 1.807) is 0 Å². The molecule has 0 aromatic heterocycles. The van der Waals surface area contributed by atoms with Crippen LogP contribution < -0.4 is 5.32 Å². The molecule has 0 saturated carbocycles. The standard InChI is InChI=1S/C13H26INO/c1-9(2)10-11(16-10)15-13(5,6)7-12(3,4)8-14/h9-11,15H,7-8H2,1-6H3. The van der Waals surface area contributed by atoms with E-state index in [2.05, 4.69) is 69.5 Å². The van der Waals surface area contributed by atoms with Crippen molar-refractivity contribution >= 4 is 22.6 Å². The van der Waals surface area contributed by atoms with Crippen LogP contribution >= 0.6 is 22.6 Å². The van der Waals surface area contributed by atoms with Gasteiger partial charge in [-0.15, -0.1) is 0 Å². The summed E-state index contributed by atoms with van der Waals surface area (Å²) in [6.07, 6.45) is 1.87. The first kappa shape index (κ1) is 14.7. The average Bonchev–Trinajstić information content (AvgIpc) is 2.81. The molecule has 1 aliphatic heterocycles. The molecule has 1 fully saturated rings. The molecule has 16 heavy (non-hydrogen) atoms. The third-order valence-electron chi connectivity index (χ3n) is 3.00. The molecule has 2 atom stereocenters. The molecular formula is C13H26INO. The number of alkyl halides is 1. The fourth-order valence-corrected chi connectivity index (χ4v) is 2.70. The Morgan fingerprint density at radius 2 is 1.81 bits per heavy atom. The summed E-state index contributed by atoms with van der Waals surface area (Å²) in [6, 6.07) is 0. The Balaban J connectivity index is 2.41. The molecule has 2 unspecified atom stereocenters. The van der Waals surface area contributed by atoms with Crippen LogP contribution in [0.1, 0.15) is 48.0 Å². The van der Waals surface area contributed by atoms with Crippen molar-refractivity contribution in [1.82, 2.24) is 5.32 Å². The van der Waals surface area contributed by atoms with Crippen molar-refractivity contribution < 1.29 is 4.74 Å². The quantitative estimate of drug-likeness (QED) is 0.454. The molecule has 2 nitrogen and oxygen atoms in total. The van der Waals surface area contributed by atoms with Crippen molar-refractivity contribution in [3.63, 3.8) is 0 Å². The third-order valence-corrected chi connectivity index (χ3v) is 5.06. The number of hydrogen-bond acceptors (Lipinski definition) is 2. The van der Waals surface area contributed by atoms with E-state index in [1.165, 1.54) is 10.8 Å². The lowest BCUT2D eigenvalue weighted by Crippen LogP contribution is -2.45. The third kappa shape index (κ3) is 4.49. The van der Waals surface area contributed by atoms with E-state index in [9.17, 15) is 0 Å². The summed E-state index contributed by atoms with van der Waals surface area (Å²) in [7, 11) is 0. The summed E-state index contributed by atoms with van der Waals surface area (Å²) >= 11 is 2.48. The smallest absolute Gasteiger partial charge is 0.135 e. The van der Waals surface area contributed by atoms with Gasteiger partial charge in [-0.1, -0.05) is 50.3 Å². The fourth-order valence-electron chi connectivity index (χ4n) is 2.43. The van der Waals surface area contributed by atoms with Crippen molar-refractivity contribution in [3.8, 4) is 0 Å². The predicted molar refractivity (Wildman–Crippen MR) is 78.0 cm³/mol. The monoisotopic (exact) mass is 339 g/mol. The Hall–Kier alpha value is 0.650. The van der Waals surface area contributed by atoms with Crippen LogP contribution in [0.5, 0.6) is 0 Å². The van der Waals surface area contributed by atoms with Crippen LogP contribution in [0.3, 0.4) is 0 Å². The normalized spacial score (nSPS) is 26.2. The maximum Gasteiger partial charge on any atom is 0.135 e. The Morgan fingerprint density at radius 3 is 2.19 bits per heavy atom. The summed E-state index contributed by atoms with van der Waals surface area (Å²) < 4.78 is 6.84. The molecule has 3 heteroatoms. The molecule has 1 heterocycles. The number of nitrogens with one attached hydrogen (secondary N) is 1. The molecule has 0 amide bonds. The van der Waals surface area contributed by atoms with Crippen LogP contribution in [0.15, 0.2) is 0 Å². The van der Waals surface area contributed by atoms with Gasteiger partial charge in [-0.25, -0.2) is 0 Å². The van der Waals surface area contributed by atoms with Crippen molar-refractivity contribution in [1.29, 1.82) is 0 Å². The Bertz CT molecular complexity index is 238. The molecule has 0 bridgehead atoms. The molecule has 1 aliphatic rings. The van der Waals surface area contributed by atoms with Gasteiger partial charge < -0.3 is 4.74 Å². The first-order valence-electron chi connectivity index (χ1n) is 6.16.